The van der Waals surface area contributed by atoms with E-state index < -0.39 is 6.10 Å². The molecule has 2 saturated heterocycles. The third-order valence-corrected chi connectivity index (χ3v) is 10.7. The molecule has 240 valence electrons. The molecule has 6 rings (SSSR count). The molecule has 2 aliphatic rings. The number of carbonyl (C=O) groups excluding carboxylic acids is 2. The highest BCUT2D eigenvalue weighted by molar-refractivity contribution is 7.09. The highest BCUT2D eigenvalue weighted by atomic mass is 32.1. The number of likely N-dealkylation sites (tertiary alicyclic amines) is 2. The number of hydrogen-bond acceptors (Lipinski definition) is 6. The number of carbonyl (C=O) groups is 2. The highest BCUT2D eigenvalue weighted by Crippen LogP contribution is 2.35. The predicted molar refractivity (Wildman–Crippen MR) is 184 cm³/mol. The zero-order valence-corrected chi connectivity index (χ0v) is 27.7. The van der Waals surface area contributed by atoms with Crippen LogP contribution in [0.1, 0.15) is 81.2 Å². The van der Waals surface area contributed by atoms with Crippen molar-refractivity contribution in [3.05, 3.63) is 123 Å². The Labute approximate surface area is 277 Å². The van der Waals surface area contributed by atoms with Gasteiger partial charge in [-0.2, -0.15) is 0 Å². The largest absolute Gasteiger partial charge is 0.392 e. The molecule has 5 atom stereocenters. The fraction of sp³-hybridized carbons (Fsp3) is 0.410. The number of hydrogen-bond donors (Lipinski definition) is 1. The molecule has 2 unspecified atom stereocenters. The van der Waals surface area contributed by atoms with Gasteiger partial charge in [-0.15, -0.1) is 11.3 Å². The van der Waals surface area contributed by atoms with E-state index in [-0.39, 0.29) is 36.0 Å². The van der Waals surface area contributed by atoms with Crippen LogP contribution in [0.2, 0.25) is 0 Å². The number of thiazole rings is 1. The molecule has 1 N–H and O–H groups in total. The molecule has 0 spiro atoms. The monoisotopic (exact) mass is 635 g/mol. The van der Waals surface area contributed by atoms with Gasteiger partial charge < -0.3 is 10.0 Å². The topological polar surface area (TPSA) is 73.7 Å². The number of rotatable bonds is 11. The normalized spacial score (nSPS) is 21.6. The van der Waals surface area contributed by atoms with Crippen LogP contribution in [-0.2, 0) is 13.0 Å². The van der Waals surface area contributed by atoms with E-state index in [1.54, 1.807) is 23.5 Å². The zero-order valence-electron chi connectivity index (χ0n) is 26.9. The molecule has 3 heterocycles. The Hall–Kier alpha value is -3.65. The minimum atomic E-state index is -0.623. The molecular weight excluding hydrogens is 591 g/mol. The average Bonchev–Trinajstić information content (AvgIpc) is 3.74. The van der Waals surface area contributed by atoms with Gasteiger partial charge >= 0.3 is 0 Å². The molecule has 0 radical (unpaired) electrons. The predicted octanol–water partition coefficient (Wildman–Crippen LogP) is 7.38. The first-order valence-electron chi connectivity index (χ1n) is 16.7. The Morgan fingerprint density at radius 1 is 0.957 bits per heavy atom. The van der Waals surface area contributed by atoms with Crippen LogP contribution in [-0.4, -0.2) is 57.3 Å². The summed E-state index contributed by atoms with van der Waals surface area (Å²) in [5, 5.41) is 15.0. The first-order valence-corrected chi connectivity index (χ1v) is 17.6. The number of Topliss-reactive ketones (excluding diaryl/α,β-unsaturated/α-hetero) is 1. The van der Waals surface area contributed by atoms with Gasteiger partial charge in [0, 0.05) is 54.8 Å². The van der Waals surface area contributed by atoms with E-state index in [2.05, 4.69) is 53.2 Å². The molecule has 0 bridgehead atoms. The number of aliphatic hydroxyl groups is 1. The number of ketones is 1. The van der Waals surface area contributed by atoms with Gasteiger partial charge in [0.1, 0.15) is 5.01 Å². The molecule has 0 saturated carbocycles. The van der Waals surface area contributed by atoms with Gasteiger partial charge in [-0.1, -0.05) is 79.7 Å². The SMILES string of the molecule is Cc1csc(C2CCCN2C(=O)c2cccc(C(=O)C[C@@H](Cc3ccccc3)[C@H](O)[C@@H]3CC(C)CN(Cc4ccccc4)C3)c2)n1. The van der Waals surface area contributed by atoms with Crippen molar-refractivity contribution >= 4 is 23.0 Å². The van der Waals surface area contributed by atoms with Crippen molar-refractivity contribution in [1.82, 2.24) is 14.8 Å². The van der Waals surface area contributed by atoms with Gasteiger partial charge in [-0.25, -0.2) is 4.98 Å². The Morgan fingerprint density at radius 3 is 2.39 bits per heavy atom. The maximum Gasteiger partial charge on any atom is 0.254 e. The molecule has 1 amide bonds. The molecule has 2 aliphatic heterocycles. The summed E-state index contributed by atoms with van der Waals surface area (Å²) in [4.78, 5) is 36.7. The molecule has 2 fully saturated rings. The van der Waals surface area contributed by atoms with Crippen LogP contribution in [0.15, 0.2) is 90.3 Å². The van der Waals surface area contributed by atoms with E-state index in [0.717, 1.165) is 55.2 Å². The Kier molecular flexibility index (Phi) is 10.4. The second-order valence-electron chi connectivity index (χ2n) is 13.4. The third-order valence-electron chi connectivity index (χ3n) is 9.64. The summed E-state index contributed by atoms with van der Waals surface area (Å²) in [5.41, 5.74) is 4.43. The van der Waals surface area contributed by atoms with Crippen LogP contribution < -0.4 is 0 Å². The maximum absolute atomic E-state index is 13.9. The first kappa shape index (κ1) is 32.3. The number of amides is 1. The highest BCUT2D eigenvalue weighted by Gasteiger charge is 2.36. The average molecular weight is 636 g/mol. The van der Waals surface area contributed by atoms with Crippen LogP contribution >= 0.6 is 11.3 Å². The standard InChI is InChI=1S/C39H45N3O3S/c1-27-19-34(25-41(23-27)24-30-13-7-4-8-14-30)37(44)33(20-29-11-5-3-6-12-29)22-36(43)31-15-9-16-32(21-31)39(45)42-18-10-17-35(42)38-40-28(2)26-46-38/h3-9,11-16,21,26-27,33-35,37,44H,10,17-20,22-25H2,1-2H3/t27?,33-,34-,35?,37+/m1/s1. The lowest BCUT2D eigenvalue weighted by Crippen LogP contribution is -2.46. The Bertz CT molecular complexity index is 1610. The fourth-order valence-corrected chi connectivity index (χ4v) is 8.43. The van der Waals surface area contributed by atoms with Crippen molar-refractivity contribution in [1.29, 1.82) is 0 Å². The lowest BCUT2D eigenvalue weighted by molar-refractivity contribution is -0.00571. The van der Waals surface area contributed by atoms with Crippen molar-refractivity contribution in [2.45, 2.75) is 64.6 Å². The number of aliphatic hydroxyl groups excluding tert-OH is 1. The lowest BCUT2D eigenvalue weighted by atomic mass is 9.77. The van der Waals surface area contributed by atoms with Crippen LogP contribution in [0.5, 0.6) is 0 Å². The second-order valence-corrected chi connectivity index (χ2v) is 14.3. The van der Waals surface area contributed by atoms with Crippen molar-refractivity contribution in [3.63, 3.8) is 0 Å². The van der Waals surface area contributed by atoms with E-state index >= 15 is 0 Å². The van der Waals surface area contributed by atoms with E-state index in [1.807, 2.05) is 53.6 Å². The van der Waals surface area contributed by atoms with Gasteiger partial charge in [0.25, 0.3) is 5.91 Å². The molecule has 46 heavy (non-hydrogen) atoms. The molecule has 4 aromatic rings. The van der Waals surface area contributed by atoms with Crippen LogP contribution in [0.3, 0.4) is 0 Å². The van der Waals surface area contributed by atoms with Gasteiger partial charge in [0.15, 0.2) is 5.78 Å². The third kappa shape index (κ3) is 7.83. The first-order chi connectivity index (χ1) is 22.3. The van der Waals surface area contributed by atoms with Gasteiger partial charge in [-0.3, -0.25) is 14.5 Å². The minimum Gasteiger partial charge on any atom is -0.392 e. The number of aromatic nitrogens is 1. The zero-order chi connectivity index (χ0) is 32.0. The van der Waals surface area contributed by atoms with Crippen molar-refractivity contribution < 1.29 is 14.7 Å². The van der Waals surface area contributed by atoms with Crippen LogP contribution in [0.4, 0.5) is 0 Å². The fourth-order valence-electron chi connectivity index (χ4n) is 7.49. The summed E-state index contributed by atoms with van der Waals surface area (Å²) in [5.74, 6) is 0.201. The van der Waals surface area contributed by atoms with E-state index in [9.17, 15) is 14.7 Å². The summed E-state index contributed by atoms with van der Waals surface area (Å²) >= 11 is 1.61. The molecule has 0 aliphatic carbocycles. The minimum absolute atomic E-state index is 0.0182. The molecule has 3 aromatic carbocycles. The Morgan fingerprint density at radius 2 is 1.67 bits per heavy atom. The number of nitrogens with zero attached hydrogens (tertiary/aromatic N) is 3. The van der Waals surface area contributed by atoms with Crippen LogP contribution in [0, 0.1) is 24.7 Å². The van der Waals surface area contributed by atoms with Crippen molar-refractivity contribution in [3.8, 4) is 0 Å². The van der Waals surface area contributed by atoms with Crippen molar-refractivity contribution in [2.24, 2.45) is 17.8 Å². The number of aryl methyl sites for hydroxylation is 1. The summed E-state index contributed by atoms with van der Waals surface area (Å²) in [6.07, 6.45) is 3.00. The summed E-state index contributed by atoms with van der Waals surface area (Å²) in [6, 6.07) is 27.8. The number of piperidine rings is 1. The Balaban J connectivity index is 1.18. The maximum atomic E-state index is 13.9. The smallest absolute Gasteiger partial charge is 0.254 e. The molecule has 1 aromatic heterocycles. The van der Waals surface area contributed by atoms with Crippen molar-refractivity contribution in [2.75, 3.05) is 19.6 Å². The second kappa shape index (κ2) is 14.8. The van der Waals surface area contributed by atoms with Gasteiger partial charge in [0.2, 0.25) is 0 Å². The van der Waals surface area contributed by atoms with E-state index in [0.29, 0.717) is 30.0 Å². The van der Waals surface area contributed by atoms with Crippen LogP contribution in [0.25, 0.3) is 0 Å². The lowest BCUT2D eigenvalue weighted by Gasteiger charge is -2.40. The summed E-state index contributed by atoms with van der Waals surface area (Å²) < 4.78 is 0. The quantitative estimate of drug-likeness (QED) is 0.174. The number of benzene rings is 3. The molecular formula is C39H45N3O3S. The summed E-state index contributed by atoms with van der Waals surface area (Å²) in [7, 11) is 0. The van der Waals surface area contributed by atoms with Gasteiger partial charge in [0.05, 0.1) is 12.1 Å². The van der Waals surface area contributed by atoms with Gasteiger partial charge in [-0.05, 0) is 73.6 Å². The summed E-state index contributed by atoms with van der Waals surface area (Å²) in [6.45, 7) is 7.59. The van der Waals surface area contributed by atoms with E-state index in [4.69, 9.17) is 0 Å². The molecule has 7 heteroatoms. The van der Waals surface area contributed by atoms with E-state index in [1.165, 1.54) is 5.56 Å². The molecule has 6 nitrogen and oxygen atoms in total.